The lowest BCUT2D eigenvalue weighted by molar-refractivity contribution is -0.124. The molecule has 184 valence electrons. The largest absolute Gasteiger partial charge is 0.459 e. The van der Waals surface area contributed by atoms with Crippen LogP contribution < -0.4 is 16.0 Å². The molecule has 2 heterocycles. The summed E-state index contributed by atoms with van der Waals surface area (Å²) >= 11 is 0. The average Bonchev–Trinajstić information content (AvgIpc) is 3.56. The number of carbonyl (C=O) groups excluding carboxylic acids is 3. The van der Waals surface area contributed by atoms with Crippen LogP contribution in [0.15, 0.2) is 57.6 Å². The van der Waals surface area contributed by atoms with Crippen LogP contribution in [0.1, 0.15) is 64.3 Å². The Morgan fingerprint density at radius 2 is 1.71 bits per heavy atom. The zero-order valence-corrected chi connectivity index (χ0v) is 20.1. The molecule has 3 aromatic rings. The average molecular weight is 478 g/mol. The first-order chi connectivity index (χ1) is 17.0. The SMILES string of the molecule is CNC(=O)[C@@H](NC(=O)c1ccc(-c2ccc(CNC(=O)c3occc3C)cc2)o1)C1CCCCC1. The second-order valence-electron chi connectivity index (χ2n) is 8.94. The normalized spacial score (nSPS) is 14.8. The Morgan fingerprint density at radius 1 is 0.971 bits per heavy atom. The van der Waals surface area contributed by atoms with Crippen molar-refractivity contribution >= 4 is 17.7 Å². The van der Waals surface area contributed by atoms with E-state index in [1.54, 1.807) is 25.2 Å². The summed E-state index contributed by atoms with van der Waals surface area (Å²) in [6.07, 6.45) is 6.65. The van der Waals surface area contributed by atoms with Gasteiger partial charge in [-0.15, -0.1) is 0 Å². The second-order valence-corrected chi connectivity index (χ2v) is 8.94. The molecule has 1 saturated carbocycles. The van der Waals surface area contributed by atoms with E-state index in [0.717, 1.165) is 42.4 Å². The van der Waals surface area contributed by atoms with Gasteiger partial charge in [-0.05, 0) is 49.4 Å². The van der Waals surface area contributed by atoms with Gasteiger partial charge in [-0.2, -0.15) is 0 Å². The quantitative estimate of drug-likeness (QED) is 0.450. The molecule has 1 fully saturated rings. The topological polar surface area (TPSA) is 114 Å². The van der Waals surface area contributed by atoms with Crippen LogP contribution in [0, 0.1) is 12.8 Å². The molecule has 35 heavy (non-hydrogen) atoms. The molecule has 3 N–H and O–H groups in total. The van der Waals surface area contributed by atoms with Gasteiger partial charge < -0.3 is 24.8 Å². The van der Waals surface area contributed by atoms with Gasteiger partial charge in [-0.1, -0.05) is 43.5 Å². The van der Waals surface area contributed by atoms with Gasteiger partial charge in [0.2, 0.25) is 5.91 Å². The third-order valence-electron chi connectivity index (χ3n) is 6.53. The van der Waals surface area contributed by atoms with E-state index in [9.17, 15) is 14.4 Å². The second kappa shape index (κ2) is 11.1. The minimum absolute atomic E-state index is 0.131. The lowest BCUT2D eigenvalue weighted by Crippen LogP contribution is -2.50. The fourth-order valence-corrected chi connectivity index (χ4v) is 4.50. The predicted molar refractivity (Wildman–Crippen MR) is 131 cm³/mol. The molecular weight excluding hydrogens is 446 g/mol. The molecule has 0 unspecified atom stereocenters. The number of carbonyl (C=O) groups is 3. The van der Waals surface area contributed by atoms with E-state index < -0.39 is 11.9 Å². The van der Waals surface area contributed by atoms with Gasteiger partial charge in [0, 0.05) is 24.7 Å². The lowest BCUT2D eigenvalue weighted by Gasteiger charge is -2.29. The Labute approximate surface area is 204 Å². The van der Waals surface area contributed by atoms with E-state index in [4.69, 9.17) is 8.83 Å². The number of hydrogen-bond donors (Lipinski definition) is 3. The highest BCUT2D eigenvalue weighted by Crippen LogP contribution is 2.27. The molecule has 0 saturated heterocycles. The molecule has 3 amide bonds. The van der Waals surface area contributed by atoms with Crippen LogP contribution in [0.25, 0.3) is 11.3 Å². The van der Waals surface area contributed by atoms with E-state index >= 15 is 0 Å². The Bertz CT molecular complexity index is 1170. The molecule has 0 spiro atoms. The highest BCUT2D eigenvalue weighted by molar-refractivity contribution is 5.96. The Morgan fingerprint density at radius 3 is 2.37 bits per heavy atom. The fourth-order valence-electron chi connectivity index (χ4n) is 4.50. The first-order valence-corrected chi connectivity index (χ1v) is 12.0. The van der Waals surface area contributed by atoms with E-state index in [1.165, 1.54) is 12.7 Å². The Balaban J connectivity index is 1.37. The molecule has 8 heteroatoms. The van der Waals surface area contributed by atoms with Crippen LogP contribution >= 0.6 is 0 Å². The van der Waals surface area contributed by atoms with Crippen molar-refractivity contribution in [1.82, 2.24) is 16.0 Å². The van der Waals surface area contributed by atoms with Gasteiger partial charge >= 0.3 is 0 Å². The molecule has 4 rings (SSSR count). The van der Waals surface area contributed by atoms with Crippen LogP contribution in [-0.4, -0.2) is 30.8 Å². The van der Waals surface area contributed by atoms with Crippen molar-refractivity contribution in [3.8, 4) is 11.3 Å². The molecular formula is C27H31N3O5. The van der Waals surface area contributed by atoms with Crippen molar-refractivity contribution in [3.05, 3.63) is 71.4 Å². The number of furan rings is 2. The van der Waals surface area contributed by atoms with Crippen molar-refractivity contribution in [2.24, 2.45) is 5.92 Å². The predicted octanol–water partition coefficient (Wildman–Crippen LogP) is 4.20. The molecule has 1 aliphatic rings. The van der Waals surface area contributed by atoms with Crippen LogP contribution in [0.2, 0.25) is 0 Å². The van der Waals surface area contributed by atoms with Crippen molar-refractivity contribution in [2.45, 2.75) is 51.6 Å². The maximum Gasteiger partial charge on any atom is 0.287 e. The molecule has 0 radical (unpaired) electrons. The molecule has 8 nitrogen and oxygen atoms in total. The lowest BCUT2D eigenvalue weighted by atomic mass is 9.83. The summed E-state index contributed by atoms with van der Waals surface area (Å²) in [5.74, 6) is 0.310. The standard InChI is InChI=1S/C27H31N3O5/c1-17-14-15-34-24(17)27(33)29-16-18-8-10-19(11-9-18)21-12-13-22(35-21)25(31)30-23(26(32)28-2)20-6-4-3-5-7-20/h8-15,20,23H,3-7,16H2,1-2H3,(H,28,32)(H,29,33)(H,30,31)/t23-/m0/s1. The third kappa shape index (κ3) is 5.82. The van der Waals surface area contributed by atoms with Crippen molar-refractivity contribution in [3.63, 3.8) is 0 Å². The monoisotopic (exact) mass is 477 g/mol. The number of benzene rings is 1. The van der Waals surface area contributed by atoms with Crippen molar-refractivity contribution in [2.75, 3.05) is 7.05 Å². The molecule has 1 atom stereocenters. The summed E-state index contributed by atoms with van der Waals surface area (Å²) in [6.45, 7) is 2.17. The smallest absolute Gasteiger partial charge is 0.287 e. The van der Waals surface area contributed by atoms with Gasteiger partial charge in [-0.25, -0.2) is 0 Å². The highest BCUT2D eigenvalue weighted by Gasteiger charge is 2.31. The van der Waals surface area contributed by atoms with Gasteiger partial charge in [-0.3, -0.25) is 14.4 Å². The maximum absolute atomic E-state index is 12.9. The number of rotatable bonds is 8. The molecule has 0 aliphatic heterocycles. The first kappa shape index (κ1) is 24.3. The summed E-state index contributed by atoms with van der Waals surface area (Å²) < 4.78 is 11.0. The van der Waals surface area contributed by atoms with Gasteiger partial charge in [0.15, 0.2) is 11.5 Å². The van der Waals surface area contributed by atoms with E-state index in [0.29, 0.717) is 18.1 Å². The van der Waals surface area contributed by atoms with Gasteiger partial charge in [0.05, 0.1) is 6.26 Å². The zero-order valence-electron chi connectivity index (χ0n) is 20.1. The summed E-state index contributed by atoms with van der Waals surface area (Å²) in [7, 11) is 1.59. The van der Waals surface area contributed by atoms with Crippen LogP contribution in [0.5, 0.6) is 0 Å². The van der Waals surface area contributed by atoms with Gasteiger partial charge in [0.1, 0.15) is 11.8 Å². The zero-order chi connectivity index (χ0) is 24.8. The maximum atomic E-state index is 12.9. The summed E-state index contributed by atoms with van der Waals surface area (Å²) in [6, 6.07) is 12.0. The van der Waals surface area contributed by atoms with Crippen molar-refractivity contribution < 1.29 is 23.2 Å². The first-order valence-electron chi connectivity index (χ1n) is 12.0. The minimum Gasteiger partial charge on any atom is -0.459 e. The molecule has 1 aromatic carbocycles. The molecule has 0 bridgehead atoms. The number of aryl methyl sites for hydroxylation is 1. The number of likely N-dealkylation sites (N-methyl/N-ethyl adjacent to an activating group) is 1. The van der Waals surface area contributed by atoms with Crippen molar-refractivity contribution in [1.29, 1.82) is 0 Å². The van der Waals surface area contributed by atoms with Crippen LogP contribution in [-0.2, 0) is 11.3 Å². The van der Waals surface area contributed by atoms with Crippen LogP contribution in [0.4, 0.5) is 0 Å². The fraction of sp³-hybridized carbons (Fsp3) is 0.370. The summed E-state index contributed by atoms with van der Waals surface area (Å²) in [4.78, 5) is 37.5. The van der Waals surface area contributed by atoms with E-state index in [2.05, 4.69) is 16.0 Å². The highest BCUT2D eigenvalue weighted by atomic mass is 16.4. The Kier molecular flexibility index (Phi) is 7.70. The van der Waals surface area contributed by atoms with E-state index in [-0.39, 0.29) is 23.5 Å². The molecule has 2 aromatic heterocycles. The van der Waals surface area contributed by atoms with Gasteiger partial charge in [0.25, 0.3) is 11.8 Å². The number of amides is 3. The molecule has 1 aliphatic carbocycles. The van der Waals surface area contributed by atoms with Crippen LogP contribution in [0.3, 0.4) is 0 Å². The minimum atomic E-state index is -0.569. The summed E-state index contributed by atoms with van der Waals surface area (Å²) in [5.41, 5.74) is 2.50. The number of nitrogens with one attached hydrogen (secondary N) is 3. The summed E-state index contributed by atoms with van der Waals surface area (Å²) in [5, 5.41) is 8.38. The van der Waals surface area contributed by atoms with E-state index in [1.807, 2.05) is 31.2 Å². The number of hydrogen-bond acceptors (Lipinski definition) is 5. The Hall–Kier alpha value is -3.81. The third-order valence-corrected chi connectivity index (χ3v) is 6.53.